The number of carbonyl (C=O) groups excluding carboxylic acids is 1. The van der Waals surface area contributed by atoms with Gasteiger partial charge in [-0.1, -0.05) is 0 Å². The monoisotopic (exact) mass is 276 g/mol. The summed E-state index contributed by atoms with van der Waals surface area (Å²) in [6.45, 7) is 3.23. The molecular formula is C11H15F3N4O. The van der Waals surface area contributed by atoms with Crippen molar-refractivity contribution in [2.45, 2.75) is 32.5 Å². The van der Waals surface area contributed by atoms with Crippen LogP contribution in [0.3, 0.4) is 0 Å². The Morgan fingerprint density at radius 3 is 2.68 bits per heavy atom. The quantitative estimate of drug-likeness (QED) is 0.852. The van der Waals surface area contributed by atoms with Crippen LogP contribution >= 0.6 is 0 Å². The van der Waals surface area contributed by atoms with Crippen molar-refractivity contribution >= 4 is 5.78 Å². The number of hydrogen-bond acceptors (Lipinski definition) is 4. The van der Waals surface area contributed by atoms with Crippen LogP contribution in [0.5, 0.6) is 0 Å². The standard InChI is InChI=1S/C11H15F3N4O/c1-7(2)18-9(16-6-17-18)8(19)10(11(12,13)14)3-4-15-5-10/h6-7,15H,3-5H2,1-2H3. The van der Waals surface area contributed by atoms with E-state index in [1.807, 2.05) is 0 Å². The Morgan fingerprint density at radius 2 is 2.21 bits per heavy atom. The van der Waals surface area contributed by atoms with Gasteiger partial charge in [-0.15, -0.1) is 0 Å². The third-order valence-corrected chi connectivity index (χ3v) is 3.40. The van der Waals surface area contributed by atoms with Crippen molar-refractivity contribution in [2.24, 2.45) is 5.41 Å². The van der Waals surface area contributed by atoms with E-state index >= 15 is 0 Å². The number of hydrogen-bond donors (Lipinski definition) is 1. The third-order valence-electron chi connectivity index (χ3n) is 3.40. The first-order valence-corrected chi connectivity index (χ1v) is 6.01. The average Bonchev–Trinajstić information content (AvgIpc) is 2.97. The predicted molar refractivity (Wildman–Crippen MR) is 60.7 cm³/mol. The summed E-state index contributed by atoms with van der Waals surface area (Å²) >= 11 is 0. The highest BCUT2D eigenvalue weighted by molar-refractivity contribution is 5.98. The zero-order valence-electron chi connectivity index (χ0n) is 10.7. The Labute approximate surface area is 108 Å². The lowest BCUT2D eigenvalue weighted by molar-refractivity contribution is -0.197. The first-order chi connectivity index (χ1) is 8.79. The molecule has 1 aromatic heterocycles. The summed E-state index contributed by atoms with van der Waals surface area (Å²) in [5, 5.41) is 6.43. The second-order valence-electron chi connectivity index (χ2n) is 4.96. The van der Waals surface area contributed by atoms with Gasteiger partial charge in [-0.05, 0) is 26.8 Å². The highest BCUT2D eigenvalue weighted by atomic mass is 19.4. The van der Waals surface area contributed by atoms with Crippen LogP contribution in [0.4, 0.5) is 13.2 Å². The number of aromatic nitrogens is 3. The van der Waals surface area contributed by atoms with Gasteiger partial charge in [0.1, 0.15) is 11.7 Å². The minimum atomic E-state index is -4.60. The second-order valence-corrected chi connectivity index (χ2v) is 4.96. The number of Topliss-reactive ketones (excluding diaryl/α,β-unsaturated/α-hetero) is 1. The lowest BCUT2D eigenvalue weighted by Crippen LogP contribution is -2.47. The highest BCUT2D eigenvalue weighted by Gasteiger charge is 2.62. The fraction of sp³-hybridized carbons (Fsp3) is 0.727. The smallest absolute Gasteiger partial charge is 0.315 e. The molecule has 1 atom stereocenters. The average molecular weight is 276 g/mol. The van der Waals surface area contributed by atoms with Gasteiger partial charge in [-0.25, -0.2) is 9.67 Å². The van der Waals surface area contributed by atoms with Crippen LogP contribution in [0.1, 0.15) is 36.9 Å². The fourth-order valence-electron chi connectivity index (χ4n) is 2.26. The molecule has 1 aliphatic heterocycles. The van der Waals surface area contributed by atoms with E-state index in [1.54, 1.807) is 13.8 Å². The van der Waals surface area contributed by atoms with Gasteiger partial charge in [0, 0.05) is 12.6 Å². The summed E-state index contributed by atoms with van der Waals surface area (Å²) in [4.78, 5) is 16.0. The van der Waals surface area contributed by atoms with Crippen LogP contribution in [-0.4, -0.2) is 39.8 Å². The molecule has 5 nitrogen and oxygen atoms in total. The van der Waals surface area contributed by atoms with Gasteiger partial charge < -0.3 is 5.32 Å². The first kappa shape index (κ1) is 14.0. The molecule has 19 heavy (non-hydrogen) atoms. The summed E-state index contributed by atoms with van der Waals surface area (Å²) in [5.41, 5.74) is -2.38. The molecule has 0 aromatic carbocycles. The van der Waals surface area contributed by atoms with Gasteiger partial charge in [0.25, 0.3) is 0 Å². The molecule has 2 heterocycles. The van der Waals surface area contributed by atoms with E-state index in [-0.39, 0.29) is 24.8 Å². The Kier molecular flexibility index (Phi) is 3.38. The summed E-state index contributed by atoms with van der Waals surface area (Å²) in [6, 6.07) is -0.221. The molecule has 1 aromatic rings. The van der Waals surface area contributed by atoms with Gasteiger partial charge in [0.15, 0.2) is 5.82 Å². The first-order valence-electron chi connectivity index (χ1n) is 6.01. The zero-order chi connectivity index (χ0) is 14.3. The molecule has 0 aliphatic carbocycles. The van der Waals surface area contributed by atoms with E-state index in [2.05, 4.69) is 15.4 Å². The van der Waals surface area contributed by atoms with Gasteiger partial charge in [-0.3, -0.25) is 4.79 Å². The molecule has 0 bridgehead atoms. The van der Waals surface area contributed by atoms with Gasteiger partial charge in [0.05, 0.1) is 0 Å². The molecule has 0 radical (unpaired) electrons. The Hall–Kier alpha value is -1.44. The number of carbonyl (C=O) groups is 1. The molecule has 0 amide bonds. The maximum atomic E-state index is 13.3. The molecule has 8 heteroatoms. The van der Waals surface area contributed by atoms with Crippen LogP contribution in [0, 0.1) is 5.41 Å². The van der Waals surface area contributed by atoms with Crippen molar-refractivity contribution in [3.8, 4) is 0 Å². The Morgan fingerprint density at radius 1 is 1.53 bits per heavy atom. The number of nitrogens with one attached hydrogen (secondary N) is 1. The molecule has 106 valence electrons. The summed E-state index contributed by atoms with van der Waals surface area (Å²) in [6.07, 6.45) is -3.75. The van der Waals surface area contributed by atoms with Gasteiger partial charge in [-0.2, -0.15) is 18.3 Å². The molecule has 1 unspecified atom stereocenters. The number of ketones is 1. The summed E-state index contributed by atoms with van der Waals surface area (Å²) < 4.78 is 41.0. The number of alkyl halides is 3. The van der Waals surface area contributed by atoms with Crippen LogP contribution < -0.4 is 5.32 Å². The molecule has 1 fully saturated rings. The number of nitrogens with zero attached hydrogens (tertiary/aromatic N) is 3. The van der Waals surface area contributed by atoms with Gasteiger partial charge >= 0.3 is 6.18 Å². The van der Waals surface area contributed by atoms with Crippen molar-refractivity contribution in [3.63, 3.8) is 0 Å². The minimum absolute atomic E-state index is 0.168. The van der Waals surface area contributed by atoms with Crippen molar-refractivity contribution < 1.29 is 18.0 Å². The maximum absolute atomic E-state index is 13.3. The summed E-state index contributed by atoms with van der Waals surface area (Å²) in [5.74, 6) is -1.23. The fourth-order valence-corrected chi connectivity index (χ4v) is 2.26. The van der Waals surface area contributed by atoms with E-state index < -0.39 is 23.9 Å². The van der Waals surface area contributed by atoms with Crippen LogP contribution in [-0.2, 0) is 0 Å². The van der Waals surface area contributed by atoms with Crippen molar-refractivity contribution in [3.05, 3.63) is 12.2 Å². The lowest BCUT2D eigenvalue weighted by atomic mass is 9.81. The van der Waals surface area contributed by atoms with E-state index in [1.165, 1.54) is 4.68 Å². The molecule has 0 spiro atoms. The maximum Gasteiger partial charge on any atom is 0.403 e. The molecule has 1 aliphatic rings. The SMILES string of the molecule is CC(C)n1ncnc1C(=O)C1(C(F)(F)F)CCNC1. The largest absolute Gasteiger partial charge is 0.403 e. The number of rotatable bonds is 3. The van der Waals surface area contributed by atoms with Crippen molar-refractivity contribution in [2.75, 3.05) is 13.1 Å². The minimum Gasteiger partial charge on any atom is -0.315 e. The molecule has 1 N–H and O–H groups in total. The van der Waals surface area contributed by atoms with Crippen LogP contribution in [0.25, 0.3) is 0 Å². The number of halogens is 3. The van der Waals surface area contributed by atoms with Crippen molar-refractivity contribution in [1.82, 2.24) is 20.1 Å². The van der Waals surface area contributed by atoms with Gasteiger partial charge in [0.2, 0.25) is 5.78 Å². The molecule has 2 rings (SSSR count). The summed E-state index contributed by atoms with van der Waals surface area (Å²) in [7, 11) is 0. The third kappa shape index (κ3) is 2.13. The van der Waals surface area contributed by atoms with E-state index in [4.69, 9.17) is 0 Å². The Balaban J connectivity index is 2.44. The van der Waals surface area contributed by atoms with Crippen molar-refractivity contribution in [1.29, 1.82) is 0 Å². The highest BCUT2D eigenvalue weighted by Crippen LogP contribution is 2.45. The predicted octanol–water partition coefficient (Wildman–Crippen LogP) is 1.58. The topological polar surface area (TPSA) is 59.8 Å². The normalized spacial score (nSPS) is 24.1. The Bertz CT molecular complexity index is 475. The van der Waals surface area contributed by atoms with E-state index in [0.717, 1.165) is 6.33 Å². The zero-order valence-corrected chi connectivity index (χ0v) is 10.7. The molecule has 1 saturated heterocycles. The molecule has 0 saturated carbocycles. The van der Waals surface area contributed by atoms with Crippen LogP contribution in [0.2, 0.25) is 0 Å². The lowest BCUT2D eigenvalue weighted by Gasteiger charge is -2.29. The van der Waals surface area contributed by atoms with Crippen LogP contribution in [0.15, 0.2) is 6.33 Å². The van der Waals surface area contributed by atoms with E-state index in [9.17, 15) is 18.0 Å². The van der Waals surface area contributed by atoms with E-state index in [0.29, 0.717) is 0 Å². The molecular weight excluding hydrogens is 261 g/mol. The second kappa shape index (κ2) is 4.59.